The standard InChI is InChI=1S/C18H31OP/c1-2-3-4-5-6-7-8-9-10-14-17-20(19)18-15-12-11-13-16-18/h11-13,15-16,19H,2-10,14,17H2,1H3. The van der Waals surface area contributed by atoms with Gasteiger partial charge in [0.05, 0.1) is 8.15 Å². The van der Waals surface area contributed by atoms with Crippen LogP contribution in [0.2, 0.25) is 0 Å². The van der Waals surface area contributed by atoms with Crippen molar-refractivity contribution in [3.63, 3.8) is 0 Å². The van der Waals surface area contributed by atoms with Crippen LogP contribution in [-0.2, 0) is 0 Å². The van der Waals surface area contributed by atoms with Crippen LogP contribution in [0.25, 0.3) is 0 Å². The highest BCUT2D eigenvalue weighted by molar-refractivity contribution is 7.59. The molecule has 0 spiro atoms. The highest BCUT2D eigenvalue weighted by Gasteiger charge is 2.05. The smallest absolute Gasteiger partial charge is 0.0563 e. The fraction of sp³-hybridized carbons (Fsp3) is 0.667. The Morgan fingerprint density at radius 1 is 0.750 bits per heavy atom. The van der Waals surface area contributed by atoms with Crippen molar-refractivity contribution in [2.45, 2.75) is 71.1 Å². The van der Waals surface area contributed by atoms with E-state index >= 15 is 0 Å². The molecule has 0 bridgehead atoms. The van der Waals surface area contributed by atoms with E-state index in [0.29, 0.717) is 0 Å². The number of hydrogen-bond acceptors (Lipinski definition) is 1. The van der Waals surface area contributed by atoms with Gasteiger partial charge in [-0.05, 0) is 12.6 Å². The van der Waals surface area contributed by atoms with Gasteiger partial charge in [0.15, 0.2) is 0 Å². The summed E-state index contributed by atoms with van der Waals surface area (Å²) >= 11 is 0. The minimum Gasteiger partial charge on any atom is -0.369 e. The van der Waals surface area contributed by atoms with Crippen LogP contribution in [0.5, 0.6) is 0 Å². The molecule has 20 heavy (non-hydrogen) atoms. The van der Waals surface area contributed by atoms with Crippen molar-refractivity contribution >= 4 is 13.5 Å². The molecule has 1 nitrogen and oxygen atoms in total. The van der Waals surface area contributed by atoms with Crippen molar-refractivity contribution < 1.29 is 4.89 Å². The van der Waals surface area contributed by atoms with Gasteiger partial charge in [0.25, 0.3) is 0 Å². The lowest BCUT2D eigenvalue weighted by atomic mass is 10.1. The zero-order chi connectivity index (χ0) is 14.5. The SMILES string of the molecule is CCCCCCCCCCCCP(O)c1ccccc1. The molecule has 0 heterocycles. The first kappa shape index (κ1) is 17.7. The Bertz CT molecular complexity index is 312. The maximum absolute atomic E-state index is 10.1. The van der Waals surface area contributed by atoms with Crippen LogP contribution in [-0.4, -0.2) is 11.1 Å². The summed E-state index contributed by atoms with van der Waals surface area (Å²) in [6.45, 7) is 2.27. The molecule has 1 aromatic rings. The van der Waals surface area contributed by atoms with E-state index in [0.717, 1.165) is 11.5 Å². The molecule has 0 radical (unpaired) electrons. The lowest BCUT2D eigenvalue weighted by Gasteiger charge is -2.10. The predicted octanol–water partition coefficient (Wildman–Crippen LogP) is 5.62. The molecule has 1 atom stereocenters. The van der Waals surface area contributed by atoms with Crippen LogP contribution in [0.1, 0.15) is 71.1 Å². The molecule has 0 fully saturated rings. The highest BCUT2D eigenvalue weighted by Crippen LogP contribution is 2.30. The van der Waals surface area contributed by atoms with E-state index in [4.69, 9.17) is 0 Å². The second kappa shape index (κ2) is 12.4. The molecule has 0 saturated heterocycles. The second-order valence-corrected chi connectivity index (χ2v) is 7.40. The van der Waals surface area contributed by atoms with Crippen LogP contribution < -0.4 is 5.30 Å². The number of rotatable bonds is 12. The molecule has 0 aromatic heterocycles. The molecule has 114 valence electrons. The Hall–Kier alpha value is -0.390. The van der Waals surface area contributed by atoms with Crippen LogP contribution in [0.15, 0.2) is 30.3 Å². The van der Waals surface area contributed by atoms with E-state index in [-0.39, 0.29) is 0 Å². The van der Waals surface area contributed by atoms with Crippen molar-refractivity contribution in [1.82, 2.24) is 0 Å². The lowest BCUT2D eigenvalue weighted by Crippen LogP contribution is -2.01. The quantitative estimate of drug-likeness (QED) is 0.392. The van der Waals surface area contributed by atoms with Gasteiger partial charge >= 0.3 is 0 Å². The largest absolute Gasteiger partial charge is 0.369 e. The molecule has 0 aliphatic carbocycles. The average molecular weight is 294 g/mol. The third-order valence-corrected chi connectivity index (χ3v) is 5.41. The Morgan fingerprint density at radius 2 is 1.25 bits per heavy atom. The number of hydrogen-bond donors (Lipinski definition) is 1. The van der Waals surface area contributed by atoms with Gasteiger partial charge in [-0.1, -0.05) is 95.0 Å². The fourth-order valence-electron chi connectivity index (χ4n) is 2.48. The topological polar surface area (TPSA) is 20.2 Å². The lowest BCUT2D eigenvalue weighted by molar-refractivity contribution is 0.560. The van der Waals surface area contributed by atoms with E-state index in [1.807, 2.05) is 30.3 Å². The summed E-state index contributed by atoms with van der Waals surface area (Å²) in [6.07, 6.45) is 14.5. The molecule has 1 N–H and O–H groups in total. The van der Waals surface area contributed by atoms with Crippen molar-refractivity contribution in [3.05, 3.63) is 30.3 Å². The van der Waals surface area contributed by atoms with E-state index in [1.54, 1.807) is 0 Å². The molecule has 0 saturated carbocycles. The van der Waals surface area contributed by atoms with Crippen molar-refractivity contribution in [1.29, 1.82) is 0 Å². The minimum absolute atomic E-state index is 0.910. The molecule has 0 aliphatic heterocycles. The van der Waals surface area contributed by atoms with Crippen molar-refractivity contribution in [2.24, 2.45) is 0 Å². The number of benzene rings is 1. The van der Waals surface area contributed by atoms with Crippen molar-refractivity contribution in [3.8, 4) is 0 Å². The van der Waals surface area contributed by atoms with Gasteiger partial charge < -0.3 is 4.89 Å². The molecule has 0 aliphatic rings. The monoisotopic (exact) mass is 294 g/mol. The molecule has 1 aromatic carbocycles. The normalized spacial score (nSPS) is 12.5. The number of unbranched alkanes of at least 4 members (excludes halogenated alkanes) is 9. The van der Waals surface area contributed by atoms with Crippen molar-refractivity contribution in [2.75, 3.05) is 6.16 Å². The van der Waals surface area contributed by atoms with Gasteiger partial charge in [0.2, 0.25) is 0 Å². The van der Waals surface area contributed by atoms with Crippen LogP contribution in [0, 0.1) is 0 Å². The first-order valence-corrected chi connectivity index (χ1v) is 9.84. The molecular weight excluding hydrogens is 263 g/mol. The molecule has 1 unspecified atom stereocenters. The molecule has 2 heteroatoms. The van der Waals surface area contributed by atoms with Crippen LogP contribution in [0.3, 0.4) is 0 Å². The summed E-state index contributed by atoms with van der Waals surface area (Å²) in [5.41, 5.74) is 0. The highest BCUT2D eigenvalue weighted by atomic mass is 31.1. The van der Waals surface area contributed by atoms with Gasteiger partial charge in [-0.25, -0.2) is 0 Å². The zero-order valence-corrected chi connectivity index (χ0v) is 14.0. The minimum atomic E-state index is -0.910. The maximum Gasteiger partial charge on any atom is 0.0563 e. The van der Waals surface area contributed by atoms with Gasteiger partial charge in [-0.2, -0.15) is 0 Å². The van der Waals surface area contributed by atoms with Crippen LogP contribution >= 0.6 is 8.15 Å². The fourth-order valence-corrected chi connectivity index (χ4v) is 3.78. The average Bonchev–Trinajstić information content (AvgIpc) is 2.50. The van der Waals surface area contributed by atoms with Gasteiger partial charge in [0, 0.05) is 5.30 Å². The summed E-state index contributed by atoms with van der Waals surface area (Å²) in [5, 5.41) is 1.12. The summed E-state index contributed by atoms with van der Waals surface area (Å²) in [4.78, 5) is 10.1. The van der Waals surface area contributed by atoms with Gasteiger partial charge in [-0.15, -0.1) is 0 Å². The summed E-state index contributed by atoms with van der Waals surface area (Å²) in [6, 6.07) is 10.1. The summed E-state index contributed by atoms with van der Waals surface area (Å²) in [5.74, 6) is 0. The summed E-state index contributed by atoms with van der Waals surface area (Å²) in [7, 11) is -0.910. The van der Waals surface area contributed by atoms with Gasteiger partial charge in [0.1, 0.15) is 0 Å². The second-order valence-electron chi connectivity index (χ2n) is 5.64. The van der Waals surface area contributed by atoms with E-state index in [2.05, 4.69) is 6.92 Å². The third-order valence-electron chi connectivity index (χ3n) is 3.78. The first-order chi connectivity index (χ1) is 9.84. The van der Waals surface area contributed by atoms with Gasteiger partial charge in [-0.3, -0.25) is 0 Å². The molecule has 0 amide bonds. The van der Waals surface area contributed by atoms with E-state index in [9.17, 15) is 4.89 Å². The first-order valence-electron chi connectivity index (χ1n) is 8.36. The van der Waals surface area contributed by atoms with Crippen LogP contribution in [0.4, 0.5) is 0 Å². The van der Waals surface area contributed by atoms with E-state index < -0.39 is 8.15 Å². The molecular formula is C18H31OP. The Morgan fingerprint density at radius 3 is 1.80 bits per heavy atom. The third kappa shape index (κ3) is 8.72. The Kier molecular flexibility index (Phi) is 10.9. The predicted molar refractivity (Wildman–Crippen MR) is 91.9 cm³/mol. The molecule has 1 rings (SSSR count). The Balaban J connectivity index is 1.90. The maximum atomic E-state index is 10.1. The summed E-state index contributed by atoms with van der Waals surface area (Å²) < 4.78 is 0. The Labute approximate surface area is 126 Å². The zero-order valence-electron chi connectivity index (χ0n) is 13.1. The van der Waals surface area contributed by atoms with E-state index in [1.165, 1.54) is 64.2 Å².